The molecule has 2 rings (SSSR count). The van der Waals surface area contributed by atoms with Gasteiger partial charge in [0, 0.05) is 12.2 Å². The van der Waals surface area contributed by atoms with Crippen molar-refractivity contribution in [2.75, 3.05) is 5.73 Å². The second-order valence-electron chi connectivity index (χ2n) is 3.69. The van der Waals surface area contributed by atoms with Crippen molar-refractivity contribution in [3.63, 3.8) is 0 Å². The molecule has 1 aromatic rings. The van der Waals surface area contributed by atoms with Crippen LogP contribution in [-0.2, 0) is 0 Å². The van der Waals surface area contributed by atoms with E-state index in [4.69, 9.17) is 5.73 Å². The minimum Gasteiger partial charge on any atom is -0.393 e. The van der Waals surface area contributed by atoms with Gasteiger partial charge in [-0.3, -0.25) is 14.3 Å². The van der Waals surface area contributed by atoms with E-state index < -0.39 is 5.56 Å². The molecule has 0 amide bonds. The number of anilines is 1. The number of nitrogen functional groups attached to an aromatic ring is 1. The Morgan fingerprint density at radius 3 is 2.64 bits per heavy atom. The number of rotatable bonds is 1. The van der Waals surface area contributed by atoms with E-state index in [0.29, 0.717) is 0 Å². The molecule has 5 nitrogen and oxygen atoms in total. The summed E-state index contributed by atoms with van der Waals surface area (Å²) in [4.78, 5) is 24.7. The molecule has 1 saturated carbocycles. The van der Waals surface area contributed by atoms with E-state index in [9.17, 15) is 9.59 Å². The van der Waals surface area contributed by atoms with Crippen LogP contribution in [0.3, 0.4) is 0 Å². The molecule has 1 aromatic heterocycles. The predicted molar refractivity (Wildman–Crippen MR) is 53.2 cm³/mol. The van der Waals surface area contributed by atoms with E-state index in [2.05, 4.69) is 4.98 Å². The number of nitrogens with two attached hydrogens (primary N) is 1. The lowest BCUT2D eigenvalue weighted by atomic mass is 10.2. The Morgan fingerprint density at radius 2 is 2.00 bits per heavy atom. The number of hydrogen-bond donors (Lipinski definition) is 2. The van der Waals surface area contributed by atoms with Gasteiger partial charge in [-0.2, -0.15) is 0 Å². The van der Waals surface area contributed by atoms with E-state index in [1.54, 1.807) is 4.57 Å². The molecule has 76 valence electrons. The molecular weight excluding hydrogens is 182 g/mol. The molecule has 0 unspecified atom stereocenters. The van der Waals surface area contributed by atoms with Gasteiger partial charge in [0.2, 0.25) is 0 Å². The Balaban J connectivity index is 2.47. The summed E-state index contributed by atoms with van der Waals surface area (Å²) in [7, 11) is 0. The normalized spacial score (nSPS) is 17.4. The van der Waals surface area contributed by atoms with Crippen molar-refractivity contribution in [2.24, 2.45) is 0 Å². The van der Waals surface area contributed by atoms with Crippen LogP contribution in [0.4, 0.5) is 5.69 Å². The molecule has 0 bridgehead atoms. The molecule has 1 aliphatic rings. The van der Waals surface area contributed by atoms with Gasteiger partial charge in [-0.15, -0.1) is 0 Å². The van der Waals surface area contributed by atoms with E-state index in [-0.39, 0.29) is 17.4 Å². The van der Waals surface area contributed by atoms with Crippen LogP contribution in [0.5, 0.6) is 0 Å². The Labute approximate surface area is 80.6 Å². The van der Waals surface area contributed by atoms with Crippen molar-refractivity contribution in [1.29, 1.82) is 0 Å². The maximum Gasteiger partial charge on any atom is 0.328 e. The van der Waals surface area contributed by atoms with Gasteiger partial charge in [0.25, 0.3) is 5.56 Å². The average Bonchev–Trinajstić information content (AvgIpc) is 2.64. The molecule has 0 aliphatic heterocycles. The average molecular weight is 195 g/mol. The Bertz CT molecular complexity index is 440. The molecule has 1 aliphatic carbocycles. The third kappa shape index (κ3) is 1.45. The number of H-pyrrole nitrogens is 1. The first-order valence-electron chi connectivity index (χ1n) is 4.79. The summed E-state index contributed by atoms with van der Waals surface area (Å²) < 4.78 is 1.55. The summed E-state index contributed by atoms with van der Waals surface area (Å²) in [6.07, 6.45) is 5.71. The van der Waals surface area contributed by atoms with Gasteiger partial charge < -0.3 is 5.73 Å². The highest BCUT2D eigenvalue weighted by atomic mass is 16.2. The van der Waals surface area contributed by atoms with Crippen molar-refractivity contribution in [3.8, 4) is 0 Å². The maximum absolute atomic E-state index is 11.4. The lowest BCUT2D eigenvalue weighted by Gasteiger charge is -2.12. The standard InChI is InChI=1S/C9H13N3O2/c10-7-5-12(6-3-1-2-4-6)9(14)11-8(7)13/h5-6H,1-4,10H2,(H,11,13,14). The molecular formula is C9H13N3O2. The van der Waals surface area contributed by atoms with Gasteiger partial charge in [0.15, 0.2) is 0 Å². The lowest BCUT2D eigenvalue weighted by molar-refractivity contribution is 0.492. The van der Waals surface area contributed by atoms with Crippen molar-refractivity contribution in [1.82, 2.24) is 9.55 Å². The molecule has 0 saturated heterocycles. The zero-order valence-electron chi connectivity index (χ0n) is 7.82. The van der Waals surface area contributed by atoms with Crippen LogP contribution >= 0.6 is 0 Å². The maximum atomic E-state index is 11.4. The van der Waals surface area contributed by atoms with E-state index in [0.717, 1.165) is 25.7 Å². The van der Waals surface area contributed by atoms with Gasteiger partial charge in [0.1, 0.15) is 5.69 Å². The Kier molecular flexibility index (Phi) is 2.15. The number of aromatic amines is 1. The molecule has 3 N–H and O–H groups in total. The summed E-state index contributed by atoms with van der Waals surface area (Å²) >= 11 is 0. The summed E-state index contributed by atoms with van der Waals surface area (Å²) in [5.41, 5.74) is 4.71. The van der Waals surface area contributed by atoms with Gasteiger partial charge in [-0.1, -0.05) is 12.8 Å². The quantitative estimate of drug-likeness (QED) is 0.673. The van der Waals surface area contributed by atoms with Crippen LogP contribution in [0, 0.1) is 0 Å². The molecule has 14 heavy (non-hydrogen) atoms. The van der Waals surface area contributed by atoms with Crippen LogP contribution in [0.2, 0.25) is 0 Å². The second kappa shape index (κ2) is 3.32. The number of aromatic nitrogens is 2. The highest BCUT2D eigenvalue weighted by Gasteiger charge is 2.18. The van der Waals surface area contributed by atoms with Gasteiger partial charge in [0.05, 0.1) is 0 Å². The van der Waals surface area contributed by atoms with Crippen LogP contribution in [0.15, 0.2) is 15.8 Å². The summed E-state index contributed by atoms with van der Waals surface area (Å²) in [6, 6.07) is 0.210. The molecule has 0 aromatic carbocycles. The second-order valence-corrected chi connectivity index (χ2v) is 3.69. The van der Waals surface area contributed by atoms with Crippen molar-refractivity contribution in [3.05, 3.63) is 27.0 Å². The van der Waals surface area contributed by atoms with E-state index in [1.807, 2.05) is 0 Å². The van der Waals surface area contributed by atoms with E-state index in [1.165, 1.54) is 6.20 Å². The fourth-order valence-electron chi connectivity index (χ4n) is 1.95. The summed E-state index contributed by atoms with van der Waals surface area (Å²) in [6.45, 7) is 0. The van der Waals surface area contributed by atoms with Gasteiger partial charge in [-0.25, -0.2) is 4.79 Å². The van der Waals surface area contributed by atoms with Crippen molar-refractivity contribution >= 4 is 5.69 Å². The zero-order valence-corrected chi connectivity index (χ0v) is 7.82. The Hall–Kier alpha value is -1.52. The highest BCUT2D eigenvalue weighted by Crippen LogP contribution is 2.27. The molecule has 0 spiro atoms. The van der Waals surface area contributed by atoms with Gasteiger partial charge in [-0.05, 0) is 12.8 Å². The smallest absolute Gasteiger partial charge is 0.328 e. The fourth-order valence-corrected chi connectivity index (χ4v) is 1.95. The minimum atomic E-state index is -0.496. The third-order valence-electron chi connectivity index (χ3n) is 2.71. The monoisotopic (exact) mass is 195 g/mol. The van der Waals surface area contributed by atoms with Crippen LogP contribution in [-0.4, -0.2) is 9.55 Å². The summed E-state index contributed by atoms with van der Waals surface area (Å²) in [5, 5.41) is 0. The number of nitrogens with zero attached hydrogens (tertiary/aromatic N) is 1. The van der Waals surface area contributed by atoms with Crippen molar-refractivity contribution in [2.45, 2.75) is 31.7 Å². The number of hydrogen-bond acceptors (Lipinski definition) is 3. The third-order valence-corrected chi connectivity index (χ3v) is 2.71. The molecule has 1 fully saturated rings. The first-order chi connectivity index (χ1) is 6.68. The Morgan fingerprint density at radius 1 is 1.36 bits per heavy atom. The predicted octanol–water partition coefficient (Wildman–Crippen LogP) is 0.234. The van der Waals surface area contributed by atoms with Crippen LogP contribution in [0.25, 0.3) is 0 Å². The molecule has 0 radical (unpaired) electrons. The molecule has 5 heteroatoms. The number of nitrogens with one attached hydrogen (secondary N) is 1. The highest BCUT2D eigenvalue weighted by molar-refractivity contribution is 5.30. The zero-order chi connectivity index (χ0) is 10.1. The lowest BCUT2D eigenvalue weighted by Crippen LogP contribution is -2.32. The first kappa shape index (κ1) is 9.05. The van der Waals surface area contributed by atoms with Crippen molar-refractivity contribution < 1.29 is 0 Å². The molecule has 0 atom stereocenters. The topological polar surface area (TPSA) is 80.9 Å². The largest absolute Gasteiger partial charge is 0.393 e. The SMILES string of the molecule is Nc1cn(C2CCCC2)c(=O)[nH]c1=O. The summed E-state index contributed by atoms with van der Waals surface area (Å²) in [5.74, 6) is 0. The minimum absolute atomic E-state index is 0.108. The van der Waals surface area contributed by atoms with Crippen LogP contribution < -0.4 is 17.0 Å². The first-order valence-corrected chi connectivity index (χ1v) is 4.79. The van der Waals surface area contributed by atoms with Crippen LogP contribution in [0.1, 0.15) is 31.7 Å². The fraction of sp³-hybridized carbons (Fsp3) is 0.556. The van der Waals surface area contributed by atoms with E-state index >= 15 is 0 Å². The van der Waals surface area contributed by atoms with Gasteiger partial charge >= 0.3 is 5.69 Å². The molecule has 1 heterocycles.